The van der Waals surface area contributed by atoms with Gasteiger partial charge in [0, 0.05) is 25.1 Å². The third-order valence-electron chi connectivity index (χ3n) is 4.75. The van der Waals surface area contributed by atoms with Crippen molar-refractivity contribution in [2.75, 3.05) is 13.1 Å². The van der Waals surface area contributed by atoms with E-state index >= 15 is 0 Å². The van der Waals surface area contributed by atoms with Crippen molar-refractivity contribution in [2.45, 2.75) is 32.1 Å². The number of rotatable bonds is 4. The Bertz CT molecular complexity index is 742. The Hall–Kier alpha value is -2.28. The van der Waals surface area contributed by atoms with E-state index in [1.807, 2.05) is 9.58 Å². The molecule has 7 heteroatoms. The zero-order valence-corrected chi connectivity index (χ0v) is 13.3. The molecule has 1 aromatic carbocycles. The summed E-state index contributed by atoms with van der Waals surface area (Å²) in [6.45, 7) is 2.00. The molecule has 1 atom stereocenters. The van der Waals surface area contributed by atoms with Crippen molar-refractivity contribution in [1.29, 1.82) is 0 Å². The van der Waals surface area contributed by atoms with Crippen molar-refractivity contribution in [2.24, 2.45) is 5.92 Å². The summed E-state index contributed by atoms with van der Waals surface area (Å²) in [5.41, 5.74) is 0.549. The van der Waals surface area contributed by atoms with Gasteiger partial charge in [-0.2, -0.15) is 5.10 Å². The zero-order chi connectivity index (χ0) is 16.5. The van der Waals surface area contributed by atoms with Crippen molar-refractivity contribution in [1.82, 2.24) is 19.7 Å². The molecule has 24 heavy (non-hydrogen) atoms. The van der Waals surface area contributed by atoms with E-state index in [1.165, 1.54) is 6.07 Å². The topological polar surface area (TPSA) is 60.2 Å². The lowest BCUT2D eigenvalue weighted by Gasteiger charge is -2.41. The van der Waals surface area contributed by atoms with Gasteiger partial charge in [-0.05, 0) is 12.5 Å². The van der Waals surface area contributed by atoms with Crippen LogP contribution in [-0.4, -0.2) is 44.8 Å². The molecule has 0 saturated carbocycles. The van der Waals surface area contributed by atoms with E-state index in [1.54, 1.807) is 24.5 Å². The third-order valence-corrected chi connectivity index (χ3v) is 4.75. The maximum absolute atomic E-state index is 13.5. The molecular weight excluding hydrogens is 311 g/mol. The SMILES string of the molecule is O=C(C1CCc2ncnn2C1)N1CC(OCc2ccccc2F)C1. The lowest BCUT2D eigenvalue weighted by molar-refractivity contribution is -0.151. The van der Waals surface area contributed by atoms with Gasteiger partial charge < -0.3 is 9.64 Å². The molecule has 1 saturated heterocycles. The fourth-order valence-corrected chi connectivity index (χ4v) is 3.24. The summed E-state index contributed by atoms with van der Waals surface area (Å²) in [6.07, 6.45) is 3.13. The summed E-state index contributed by atoms with van der Waals surface area (Å²) in [6, 6.07) is 6.60. The molecule has 2 aromatic rings. The van der Waals surface area contributed by atoms with Crippen LogP contribution in [0.5, 0.6) is 0 Å². The minimum atomic E-state index is -0.254. The smallest absolute Gasteiger partial charge is 0.227 e. The Morgan fingerprint density at radius 3 is 2.96 bits per heavy atom. The van der Waals surface area contributed by atoms with Crippen molar-refractivity contribution < 1.29 is 13.9 Å². The highest BCUT2D eigenvalue weighted by Gasteiger charge is 2.36. The minimum Gasteiger partial charge on any atom is -0.370 e. The highest BCUT2D eigenvalue weighted by molar-refractivity contribution is 5.79. The number of aromatic nitrogens is 3. The predicted octanol–water partition coefficient (Wildman–Crippen LogP) is 1.41. The van der Waals surface area contributed by atoms with Crippen LogP contribution in [0.15, 0.2) is 30.6 Å². The summed E-state index contributed by atoms with van der Waals surface area (Å²) < 4.78 is 21.1. The zero-order valence-electron chi connectivity index (χ0n) is 13.3. The summed E-state index contributed by atoms with van der Waals surface area (Å²) >= 11 is 0. The van der Waals surface area contributed by atoms with E-state index in [2.05, 4.69) is 10.1 Å². The second-order valence-electron chi connectivity index (χ2n) is 6.36. The molecule has 3 heterocycles. The lowest BCUT2D eigenvalue weighted by Crippen LogP contribution is -2.57. The molecule has 2 aliphatic rings. The van der Waals surface area contributed by atoms with E-state index in [-0.39, 0.29) is 30.4 Å². The number of fused-ring (bicyclic) bond motifs is 1. The van der Waals surface area contributed by atoms with Gasteiger partial charge in [-0.1, -0.05) is 18.2 Å². The Balaban J connectivity index is 1.26. The largest absolute Gasteiger partial charge is 0.370 e. The summed E-state index contributed by atoms with van der Waals surface area (Å²) in [4.78, 5) is 18.5. The number of halogens is 1. The van der Waals surface area contributed by atoms with Gasteiger partial charge in [-0.3, -0.25) is 4.79 Å². The number of benzene rings is 1. The first kappa shape index (κ1) is 15.3. The Labute approximate surface area is 139 Å². The second kappa shape index (κ2) is 6.32. The highest BCUT2D eigenvalue weighted by atomic mass is 19.1. The molecule has 2 aliphatic heterocycles. The van der Waals surface area contributed by atoms with E-state index in [0.717, 1.165) is 18.7 Å². The molecular formula is C17H19FN4O2. The minimum absolute atomic E-state index is 0.0147. The van der Waals surface area contributed by atoms with E-state index in [0.29, 0.717) is 25.2 Å². The summed E-state index contributed by atoms with van der Waals surface area (Å²) in [5.74, 6) is 0.818. The van der Waals surface area contributed by atoms with Gasteiger partial charge in [0.05, 0.1) is 25.2 Å². The maximum atomic E-state index is 13.5. The van der Waals surface area contributed by atoms with Crippen LogP contribution < -0.4 is 0 Å². The number of nitrogens with zero attached hydrogens (tertiary/aromatic N) is 4. The van der Waals surface area contributed by atoms with Crippen molar-refractivity contribution in [3.05, 3.63) is 47.8 Å². The average molecular weight is 330 g/mol. The molecule has 0 aliphatic carbocycles. The molecule has 0 spiro atoms. The Morgan fingerprint density at radius 2 is 2.12 bits per heavy atom. The third kappa shape index (κ3) is 2.91. The van der Waals surface area contributed by atoms with Crippen LogP contribution in [0.1, 0.15) is 17.8 Å². The standard InChI is InChI=1S/C17H19FN4O2/c18-15-4-2-1-3-13(15)10-24-14-8-21(9-14)17(23)12-5-6-16-19-11-20-22(16)7-12/h1-4,11-12,14H,5-10H2. The van der Waals surface area contributed by atoms with Gasteiger partial charge in [0.2, 0.25) is 5.91 Å². The fourth-order valence-electron chi connectivity index (χ4n) is 3.24. The van der Waals surface area contributed by atoms with Crippen LogP contribution >= 0.6 is 0 Å². The van der Waals surface area contributed by atoms with Crippen LogP contribution in [0.3, 0.4) is 0 Å². The van der Waals surface area contributed by atoms with Crippen LogP contribution in [0.25, 0.3) is 0 Å². The number of carbonyl (C=O) groups excluding carboxylic acids is 1. The van der Waals surface area contributed by atoms with Gasteiger partial charge in [-0.25, -0.2) is 14.1 Å². The number of aryl methyl sites for hydroxylation is 1. The number of amides is 1. The van der Waals surface area contributed by atoms with E-state index < -0.39 is 0 Å². The molecule has 1 unspecified atom stereocenters. The number of hydrogen-bond donors (Lipinski definition) is 0. The number of likely N-dealkylation sites (tertiary alicyclic amines) is 1. The van der Waals surface area contributed by atoms with E-state index in [4.69, 9.17) is 4.74 Å². The Morgan fingerprint density at radius 1 is 1.29 bits per heavy atom. The van der Waals surface area contributed by atoms with Crippen molar-refractivity contribution >= 4 is 5.91 Å². The molecule has 6 nitrogen and oxygen atoms in total. The fraction of sp³-hybridized carbons (Fsp3) is 0.471. The van der Waals surface area contributed by atoms with Gasteiger partial charge >= 0.3 is 0 Å². The predicted molar refractivity (Wildman–Crippen MR) is 83.4 cm³/mol. The lowest BCUT2D eigenvalue weighted by atomic mass is 9.96. The van der Waals surface area contributed by atoms with Crippen LogP contribution in [0, 0.1) is 11.7 Å². The van der Waals surface area contributed by atoms with Crippen LogP contribution in [-0.2, 0) is 29.1 Å². The first-order valence-corrected chi connectivity index (χ1v) is 8.21. The number of ether oxygens (including phenoxy) is 1. The van der Waals surface area contributed by atoms with Gasteiger partial charge in [0.25, 0.3) is 0 Å². The second-order valence-corrected chi connectivity index (χ2v) is 6.36. The molecule has 126 valence electrons. The van der Waals surface area contributed by atoms with E-state index in [9.17, 15) is 9.18 Å². The molecule has 4 rings (SSSR count). The van der Waals surface area contributed by atoms with Gasteiger partial charge in [0.1, 0.15) is 18.0 Å². The summed E-state index contributed by atoms with van der Waals surface area (Å²) in [5, 5.41) is 4.15. The number of hydrogen-bond acceptors (Lipinski definition) is 4. The van der Waals surface area contributed by atoms with Gasteiger partial charge in [-0.15, -0.1) is 0 Å². The monoisotopic (exact) mass is 330 g/mol. The average Bonchev–Trinajstić information content (AvgIpc) is 3.02. The molecule has 1 aromatic heterocycles. The maximum Gasteiger partial charge on any atom is 0.227 e. The highest BCUT2D eigenvalue weighted by Crippen LogP contribution is 2.23. The molecule has 1 amide bonds. The quantitative estimate of drug-likeness (QED) is 0.850. The first-order chi connectivity index (χ1) is 11.7. The normalized spacial score (nSPS) is 20.5. The van der Waals surface area contributed by atoms with Gasteiger partial charge in [0.15, 0.2) is 0 Å². The molecule has 0 radical (unpaired) electrons. The number of carbonyl (C=O) groups is 1. The molecule has 0 bridgehead atoms. The molecule has 1 fully saturated rings. The van der Waals surface area contributed by atoms with Crippen LogP contribution in [0.2, 0.25) is 0 Å². The Kier molecular flexibility index (Phi) is 4.02. The van der Waals surface area contributed by atoms with Crippen molar-refractivity contribution in [3.63, 3.8) is 0 Å². The summed E-state index contributed by atoms with van der Waals surface area (Å²) in [7, 11) is 0. The first-order valence-electron chi connectivity index (χ1n) is 8.21. The van der Waals surface area contributed by atoms with Crippen LogP contribution in [0.4, 0.5) is 4.39 Å². The molecule has 0 N–H and O–H groups in total. The van der Waals surface area contributed by atoms with Crippen molar-refractivity contribution in [3.8, 4) is 0 Å².